The van der Waals surface area contributed by atoms with Gasteiger partial charge in [-0.25, -0.2) is 0 Å². The number of anilines is 1. The maximum Gasteiger partial charge on any atom is 0.125 e. The number of fused-ring (bicyclic) bond motifs is 2. The van der Waals surface area contributed by atoms with Crippen molar-refractivity contribution in [1.82, 2.24) is 0 Å². The van der Waals surface area contributed by atoms with E-state index in [4.69, 9.17) is 9.94 Å². The van der Waals surface area contributed by atoms with E-state index in [-0.39, 0.29) is 0 Å². The largest absolute Gasteiger partial charge is 0.489 e. The highest BCUT2D eigenvalue weighted by Gasteiger charge is 2.16. The quantitative estimate of drug-likeness (QED) is 0.736. The van der Waals surface area contributed by atoms with Crippen LogP contribution in [0.3, 0.4) is 0 Å². The van der Waals surface area contributed by atoms with Crippen LogP contribution in [0.1, 0.15) is 16.7 Å². The van der Waals surface area contributed by atoms with Gasteiger partial charge in [0.15, 0.2) is 0 Å². The average Bonchev–Trinajstić information content (AvgIpc) is 2.57. The zero-order chi connectivity index (χ0) is 11.7. The molecule has 2 aromatic rings. The number of benzene rings is 2. The van der Waals surface area contributed by atoms with Gasteiger partial charge in [0.1, 0.15) is 12.4 Å². The van der Waals surface area contributed by atoms with Crippen LogP contribution in [0.5, 0.6) is 5.75 Å². The van der Waals surface area contributed by atoms with E-state index in [0.29, 0.717) is 12.3 Å². The molecule has 0 saturated carbocycles. The van der Waals surface area contributed by atoms with E-state index in [1.54, 1.807) is 0 Å². The fourth-order valence-electron chi connectivity index (χ4n) is 2.20. The van der Waals surface area contributed by atoms with Gasteiger partial charge in [-0.3, -0.25) is 10.7 Å². The summed E-state index contributed by atoms with van der Waals surface area (Å²) in [7, 11) is 0. The average molecular weight is 227 g/mol. The molecular formula is C14H13NO2. The molecule has 17 heavy (non-hydrogen) atoms. The molecule has 0 atom stereocenters. The van der Waals surface area contributed by atoms with Crippen LogP contribution < -0.4 is 10.2 Å². The minimum Gasteiger partial charge on any atom is -0.489 e. The predicted octanol–water partition coefficient (Wildman–Crippen LogP) is 2.97. The molecule has 0 unspecified atom stereocenters. The Kier molecular flexibility index (Phi) is 2.46. The smallest absolute Gasteiger partial charge is 0.125 e. The number of hydrogen-bond acceptors (Lipinski definition) is 3. The number of rotatable bonds is 1. The van der Waals surface area contributed by atoms with Crippen LogP contribution in [-0.4, -0.2) is 5.21 Å². The highest BCUT2D eigenvalue weighted by Crippen LogP contribution is 2.33. The van der Waals surface area contributed by atoms with Crippen LogP contribution in [0.2, 0.25) is 0 Å². The van der Waals surface area contributed by atoms with Gasteiger partial charge >= 0.3 is 0 Å². The normalized spacial score (nSPS) is 13.0. The van der Waals surface area contributed by atoms with Gasteiger partial charge in [-0.15, -0.1) is 0 Å². The third-order valence-electron chi connectivity index (χ3n) is 3.12. The number of ether oxygens (including phenoxy) is 1. The summed E-state index contributed by atoms with van der Waals surface area (Å²) < 4.78 is 5.77. The van der Waals surface area contributed by atoms with Crippen LogP contribution in [-0.2, 0) is 13.0 Å². The standard InChI is InChI=1S/C14H13NO2/c16-15-13-6-3-7-14-12(13)8-10-4-1-2-5-11(10)9-17-14/h1-7,15-16H,8-9H2. The van der Waals surface area contributed by atoms with Crippen molar-refractivity contribution >= 4 is 5.69 Å². The minimum atomic E-state index is 0.581. The number of nitrogens with one attached hydrogen (secondary N) is 1. The summed E-state index contributed by atoms with van der Waals surface area (Å²) in [5.41, 5.74) is 6.39. The highest BCUT2D eigenvalue weighted by atomic mass is 16.5. The molecule has 0 radical (unpaired) electrons. The Labute approximate surface area is 99.6 Å². The first-order valence-electron chi connectivity index (χ1n) is 5.60. The molecule has 2 N–H and O–H groups in total. The third-order valence-corrected chi connectivity index (χ3v) is 3.12. The molecule has 86 valence electrons. The molecule has 3 nitrogen and oxygen atoms in total. The SMILES string of the molecule is ONc1cccc2c1Cc1ccccc1CO2. The molecule has 0 spiro atoms. The molecule has 0 aliphatic carbocycles. The van der Waals surface area contributed by atoms with Gasteiger partial charge in [0.25, 0.3) is 0 Å². The Morgan fingerprint density at radius 3 is 2.65 bits per heavy atom. The van der Waals surface area contributed by atoms with E-state index in [0.717, 1.165) is 17.7 Å². The van der Waals surface area contributed by atoms with E-state index >= 15 is 0 Å². The zero-order valence-electron chi connectivity index (χ0n) is 9.31. The third kappa shape index (κ3) is 1.74. The summed E-state index contributed by atoms with van der Waals surface area (Å²) in [6, 6.07) is 13.9. The van der Waals surface area contributed by atoms with Gasteiger partial charge in [-0.1, -0.05) is 30.3 Å². The summed E-state index contributed by atoms with van der Waals surface area (Å²) in [6.45, 7) is 0.581. The molecule has 0 aromatic heterocycles. The van der Waals surface area contributed by atoms with Gasteiger partial charge in [0.05, 0.1) is 5.69 Å². The molecule has 1 heterocycles. The Morgan fingerprint density at radius 2 is 1.82 bits per heavy atom. The van der Waals surface area contributed by atoms with Crippen molar-refractivity contribution < 1.29 is 9.94 Å². The van der Waals surface area contributed by atoms with E-state index in [1.807, 2.05) is 30.3 Å². The zero-order valence-corrected chi connectivity index (χ0v) is 9.31. The molecule has 1 aliphatic heterocycles. The van der Waals surface area contributed by atoms with Crippen molar-refractivity contribution in [3.05, 3.63) is 59.2 Å². The molecule has 0 amide bonds. The van der Waals surface area contributed by atoms with Gasteiger partial charge in [0, 0.05) is 12.0 Å². The fourth-order valence-corrected chi connectivity index (χ4v) is 2.20. The second-order valence-corrected chi connectivity index (χ2v) is 4.13. The Balaban J connectivity index is 2.12. The second-order valence-electron chi connectivity index (χ2n) is 4.13. The Morgan fingerprint density at radius 1 is 1.00 bits per heavy atom. The lowest BCUT2D eigenvalue weighted by atomic mass is 10.00. The Hall–Kier alpha value is -2.00. The molecule has 3 heteroatoms. The maximum absolute atomic E-state index is 9.13. The van der Waals surface area contributed by atoms with Crippen molar-refractivity contribution in [2.24, 2.45) is 0 Å². The van der Waals surface area contributed by atoms with Gasteiger partial charge in [0.2, 0.25) is 0 Å². The van der Waals surface area contributed by atoms with Gasteiger partial charge < -0.3 is 4.74 Å². The van der Waals surface area contributed by atoms with Crippen molar-refractivity contribution in [2.45, 2.75) is 13.0 Å². The van der Waals surface area contributed by atoms with Crippen molar-refractivity contribution in [2.75, 3.05) is 5.48 Å². The van der Waals surface area contributed by atoms with Crippen LogP contribution in [0.25, 0.3) is 0 Å². The van der Waals surface area contributed by atoms with Gasteiger partial charge in [-0.2, -0.15) is 0 Å². The molecule has 0 bridgehead atoms. The van der Waals surface area contributed by atoms with Crippen molar-refractivity contribution in [3.8, 4) is 5.75 Å². The van der Waals surface area contributed by atoms with Crippen molar-refractivity contribution in [3.63, 3.8) is 0 Å². The topological polar surface area (TPSA) is 41.5 Å². The predicted molar refractivity (Wildman–Crippen MR) is 65.4 cm³/mol. The van der Waals surface area contributed by atoms with Crippen LogP contribution in [0.4, 0.5) is 5.69 Å². The molecule has 1 aliphatic rings. The summed E-state index contributed by atoms with van der Waals surface area (Å²) in [4.78, 5) is 0. The number of hydrogen-bond donors (Lipinski definition) is 2. The van der Waals surface area contributed by atoms with Crippen molar-refractivity contribution in [1.29, 1.82) is 0 Å². The van der Waals surface area contributed by atoms with E-state index in [9.17, 15) is 0 Å². The molecule has 0 fully saturated rings. The minimum absolute atomic E-state index is 0.581. The molecule has 3 rings (SSSR count). The summed E-state index contributed by atoms with van der Waals surface area (Å²) >= 11 is 0. The lowest BCUT2D eigenvalue weighted by molar-refractivity contribution is 0.306. The Bertz CT molecular complexity index is 552. The first-order chi connectivity index (χ1) is 8.38. The lowest BCUT2D eigenvalue weighted by Crippen LogP contribution is -1.98. The molecular weight excluding hydrogens is 214 g/mol. The second kappa shape index (κ2) is 4.11. The van der Waals surface area contributed by atoms with E-state index < -0.39 is 0 Å². The molecule has 2 aromatic carbocycles. The molecule has 0 saturated heterocycles. The highest BCUT2D eigenvalue weighted by molar-refractivity contribution is 5.59. The van der Waals surface area contributed by atoms with Crippen LogP contribution in [0, 0.1) is 0 Å². The lowest BCUT2D eigenvalue weighted by Gasteiger charge is -2.10. The van der Waals surface area contributed by atoms with Crippen LogP contribution >= 0.6 is 0 Å². The monoisotopic (exact) mass is 227 g/mol. The first kappa shape index (κ1) is 10.2. The van der Waals surface area contributed by atoms with Crippen LogP contribution in [0.15, 0.2) is 42.5 Å². The maximum atomic E-state index is 9.13. The van der Waals surface area contributed by atoms with E-state index in [1.165, 1.54) is 11.1 Å². The summed E-state index contributed by atoms with van der Waals surface area (Å²) in [6.07, 6.45) is 0.773. The van der Waals surface area contributed by atoms with Gasteiger partial charge in [-0.05, 0) is 23.3 Å². The van der Waals surface area contributed by atoms with E-state index in [2.05, 4.69) is 17.6 Å². The summed E-state index contributed by atoms with van der Waals surface area (Å²) in [5.74, 6) is 0.834. The fraction of sp³-hybridized carbons (Fsp3) is 0.143. The first-order valence-corrected chi connectivity index (χ1v) is 5.60. The summed E-state index contributed by atoms with van der Waals surface area (Å²) in [5, 5.41) is 9.13.